The van der Waals surface area contributed by atoms with Gasteiger partial charge in [-0.2, -0.15) is 0 Å². The van der Waals surface area contributed by atoms with Gasteiger partial charge in [0.15, 0.2) is 0 Å². The zero-order valence-electron chi connectivity index (χ0n) is 11.4. The highest BCUT2D eigenvalue weighted by molar-refractivity contribution is 5.83. The normalized spacial score (nSPS) is 15.3. The van der Waals surface area contributed by atoms with Gasteiger partial charge >= 0.3 is 0 Å². The van der Waals surface area contributed by atoms with Gasteiger partial charge in [0.1, 0.15) is 0 Å². The summed E-state index contributed by atoms with van der Waals surface area (Å²) < 4.78 is 0. The van der Waals surface area contributed by atoms with E-state index in [-0.39, 0.29) is 11.8 Å². The fraction of sp³-hybridized carbons (Fsp3) is 0.846. The summed E-state index contributed by atoms with van der Waals surface area (Å²) in [6.45, 7) is 4.67. The Morgan fingerprint density at radius 2 is 1.89 bits per heavy atom. The van der Waals surface area contributed by atoms with Crippen molar-refractivity contribution in [1.29, 1.82) is 0 Å². The molecule has 0 saturated heterocycles. The van der Waals surface area contributed by atoms with Gasteiger partial charge in [-0.05, 0) is 25.7 Å². The monoisotopic (exact) mass is 255 g/mol. The lowest BCUT2D eigenvalue weighted by Crippen LogP contribution is -2.46. The lowest BCUT2D eigenvalue weighted by atomic mass is 9.81. The van der Waals surface area contributed by atoms with E-state index in [4.69, 9.17) is 5.73 Å². The van der Waals surface area contributed by atoms with Crippen molar-refractivity contribution in [3.05, 3.63) is 0 Å². The Morgan fingerprint density at radius 3 is 2.33 bits per heavy atom. The van der Waals surface area contributed by atoms with Crippen molar-refractivity contribution in [3.8, 4) is 0 Å². The molecule has 5 heteroatoms. The molecule has 5 nitrogen and oxygen atoms in total. The van der Waals surface area contributed by atoms with Crippen LogP contribution in [0.2, 0.25) is 0 Å². The fourth-order valence-corrected chi connectivity index (χ4v) is 1.96. The number of carbonyl (C=O) groups excluding carboxylic acids is 2. The van der Waals surface area contributed by atoms with Crippen LogP contribution in [0.1, 0.15) is 46.0 Å². The molecular formula is C13H25N3O2. The number of nitrogens with two attached hydrogens (primary N) is 1. The molecule has 1 aliphatic carbocycles. The average molecular weight is 255 g/mol. The highest BCUT2D eigenvalue weighted by Crippen LogP contribution is 2.24. The van der Waals surface area contributed by atoms with Crippen molar-refractivity contribution in [2.75, 3.05) is 13.1 Å². The highest BCUT2D eigenvalue weighted by Gasteiger charge is 2.33. The first-order chi connectivity index (χ1) is 8.57. The largest absolute Gasteiger partial charge is 0.355 e. The molecule has 0 atom stereocenters. The summed E-state index contributed by atoms with van der Waals surface area (Å²) in [7, 11) is 0. The summed E-state index contributed by atoms with van der Waals surface area (Å²) in [6, 6.07) is 0.377. The second-order valence-electron chi connectivity index (χ2n) is 5.04. The zero-order valence-corrected chi connectivity index (χ0v) is 11.4. The van der Waals surface area contributed by atoms with Crippen LogP contribution < -0.4 is 16.4 Å². The van der Waals surface area contributed by atoms with Crippen LogP contribution in [0, 0.1) is 5.41 Å². The molecule has 1 aliphatic rings. The Kier molecular flexibility index (Phi) is 5.59. The smallest absolute Gasteiger partial charge is 0.227 e. The molecule has 0 spiro atoms. The van der Waals surface area contributed by atoms with Gasteiger partial charge in [0.2, 0.25) is 11.8 Å². The maximum absolute atomic E-state index is 12.1. The fourth-order valence-electron chi connectivity index (χ4n) is 1.96. The Hall–Kier alpha value is -1.10. The zero-order chi connectivity index (χ0) is 13.6. The molecule has 0 unspecified atom stereocenters. The second-order valence-corrected chi connectivity index (χ2v) is 5.04. The standard InChI is InChI=1S/C13H25N3O2/c1-3-13(4-2,9-14)12(18)15-8-7-11(17)16-10-5-6-10/h10H,3-9,14H2,1-2H3,(H,15,18)(H,16,17). The maximum Gasteiger partial charge on any atom is 0.227 e. The molecule has 0 aromatic carbocycles. The topological polar surface area (TPSA) is 84.2 Å². The van der Waals surface area contributed by atoms with Gasteiger partial charge in [-0.15, -0.1) is 0 Å². The third-order valence-electron chi connectivity index (χ3n) is 3.81. The van der Waals surface area contributed by atoms with Gasteiger partial charge in [-0.25, -0.2) is 0 Å². The van der Waals surface area contributed by atoms with Crippen LogP contribution in [0.5, 0.6) is 0 Å². The molecule has 4 N–H and O–H groups in total. The second kappa shape index (κ2) is 6.73. The van der Waals surface area contributed by atoms with Gasteiger partial charge in [0.25, 0.3) is 0 Å². The molecule has 1 rings (SSSR count). The highest BCUT2D eigenvalue weighted by atomic mass is 16.2. The molecule has 0 heterocycles. The molecule has 1 saturated carbocycles. The molecule has 18 heavy (non-hydrogen) atoms. The molecule has 1 fully saturated rings. The van der Waals surface area contributed by atoms with Gasteiger partial charge in [0.05, 0.1) is 5.41 Å². The van der Waals surface area contributed by atoms with Crippen molar-refractivity contribution < 1.29 is 9.59 Å². The third-order valence-corrected chi connectivity index (χ3v) is 3.81. The summed E-state index contributed by atoms with van der Waals surface area (Å²) in [5, 5.41) is 5.71. The van der Waals surface area contributed by atoms with Crippen LogP contribution in [0.3, 0.4) is 0 Å². The van der Waals surface area contributed by atoms with Gasteiger partial charge in [-0.1, -0.05) is 13.8 Å². The molecule has 0 aliphatic heterocycles. The van der Waals surface area contributed by atoms with Crippen LogP contribution >= 0.6 is 0 Å². The van der Waals surface area contributed by atoms with E-state index in [2.05, 4.69) is 10.6 Å². The summed E-state index contributed by atoms with van der Waals surface area (Å²) in [5.74, 6) is -0.0154. The lowest BCUT2D eigenvalue weighted by molar-refractivity contribution is -0.131. The molecule has 0 radical (unpaired) electrons. The number of amides is 2. The summed E-state index contributed by atoms with van der Waals surface area (Å²) in [5.41, 5.74) is 5.22. The molecule has 0 aromatic rings. The summed E-state index contributed by atoms with van der Waals surface area (Å²) >= 11 is 0. The predicted octanol–water partition coefficient (Wildman–Crippen LogP) is 0.536. The van der Waals surface area contributed by atoms with Crippen LogP contribution in [0.25, 0.3) is 0 Å². The van der Waals surface area contributed by atoms with E-state index in [0.29, 0.717) is 25.6 Å². The summed E-state index contributed by atoms with van der Waals surface area (Å²) in [6.07, 6.45) is 3.95. The van der Waals surface area contributed by atoms with Gasteiger partial charge in [-0.3, -0.25) is 9.59 Å². The number of hydrogen-bond donors (Lipinski definition) is 3. The summed E-state index contributed by atoms with van der Waals surface area (Å²) in [4.78, 5) is 23.5. The Morgan fingerprint density at radius 1 is 1.28 bits per heavy atom. The Balaban J connectivity index is 2.28. The SMILES string of the molecule is CCC(CC)(CN)C(=O)NCCC(=O)NC1CC1. The first kappa shape index (κ1) is 15.0. The lowest BCUT2D eigenvalue weighted by Gasteiger charge is -2.28. The minimum atomic E-state index is -0.479. The molecular weight excluding hydrogens is 230 g/mol. The van der Waals surface area contributed by atoms with E-state index in [1.165, 1.54) is 0 Å². The number of carbonyl (C=O) groups is 2. The molecule has 0 aromatic heterocycles. The third kappa shape index (κ3) is 3.98. The number of nitrogens with one attached hydrogen (secondary N) is 2. The van der Waals surface area contributed by atoms with E-state index in [9.17, 15) is 9.59 Å². The Bertz CT molecular complexity index is 288. The van der Waals surface area contributed by atoms with E-state index < -0.39 is 5.41 Å². The van der Waals surface area contributed by atoms with Gasteiger partial charge < -0.3 is 16.4 Å². The average Bonchev–Trinajstić information content (AvgIpc) is 3.16. The van der Waals surface area contributed by atoms with Crippen molar-refractivity contribution in [3.63, 3.8) is 0 Å². The van der Waals surface area contributed by atoms with Crippen molar-refractivity contribution in [1.82, 2.24) is 10.6 Å². The Labute approximate surface area is 109 Å². The van der Waals surface area contributed by atoms with Crippen molar-refractivity contribution in [2.24, 2.45) is 11.1 Å². The first-order valence-electron chi connectivity index (χ1n) is 6.85. The van der Waals surface area contributed by atoms with E-state index in [1.807, 2.05) is 13.8 Å². The number of rotatable bonds is 8. The molecule has 0 bridgehead atoms. The van der Waals surface area contributed by atoms with Crippen LogP contribution in [-0.4, -0.2) is 30.9 Å². The molecule has 2 amide bonds. The van der Waals surface area contributed by atoms with Crippen LogP contribution in [-0.2, 0) is 9.59 Å². The minimum Gasteiger partial charge on any atom is -0.355 e. The van der Waals surface area contributed by atoms with Crippen molar-refractivity contribution >= 4 is 11.8 Å². The van der Waals surface area contributed by atoms with Crippen molar-refractivity contribution in [2.45, 2.75) is 52.0 Å². The first-order valence-corrected chi connectivity index (χ1v) is 6.85. The van der Waals surface area contributed by atoms with Crippen LogP contribution in [0.4, 0.5) is 0 Å². The minimum absolute atomic E-state index is 0.0177. The van der Waals surface area contributed by atoms with Crippen LogP contribution in [0.15, 0.2) is 0 Å². The van der Waals surface area contributed by atoms with E-state index in [1.54, 1.807) is 0 Å². The predicted molar refractivity (Wildman–Crippen MR) is 70.9 cm³/mol. The number of hydrogen-bond acceptors (Lipinski definition) is 3. The molecule has 104 valence electrons. The van der Waals surface area contributed by atoms with Gasteiger partial charge in [0, 0.05) is 25.6 Å². The van der Waals surface area contributed by atoms with E-state index >= 15 is 0 Å². The quantitative estimate of drug-likeness (QED) is 0.592. The van der Waals surface area contributed by atoms with E-state index in [0.717, 1.165) is 25.7 Å². The maximum atomic E-state index is 12.1.